The molecule has 3 nitrogen and oxygen atoms in total. The molecule has 0 aromatic heterocycles. The molecule has 1 aromatic carbocycles. The molecule has 2 rings (SSSR count). The molecular weight excluding hydrogens is 262 g/mol. The van der Waals surface area contributed by atoms with Gasteiger partial charge in [-0.05, 0) is 31.2 Å². The van der Waals surface area contributed by atoms with Crippen LogP contribution in [0.15, 0.2) is 30.3 Å². The minimum absolute atomic E-state index is 0.112. The monoisotopic (exact) mass is 289 g/mol. The number of nitrogens with one attached hydrogen (secondary N) is 1. The summed E-state index contributed by atoms with van der Waals surface area (Å²) < 4.78 is 0. The van der Waals surface area contributed by atoms with E-state index in [0.717, 1.165) is 24.8 Å². The molecule has 0 saturated heterocycles. The van der Waals surface area contributed by atoms with Gasteiger partial charge >= 0.3 is 0 Å². The van der Waals surface area contributed by atoms with Gasteiger partial charge in [0.25, 0.3) is 0 Å². The summed E-state index contributed by atoms with van der Waals surface area (Å²) in [7, 11) is 0. The molecule has 0 radical (unpaired) electrons. The van der Waals surface area contributed by atoms with Gasteiger partial charge in [-0.25, -0.2) is 0 Å². The van der Waals surface area contributed by atoms with E-state index in [-0.39, 0.29) is 17.9 Å². The first-order valence-corrected chi connectivity index (χ1v) is 8.08. The zero-order valence-corrected chi connectivity index (χ0v) is 13.1. The number of aliphatic hydroxyl groups is 1. The molecule has 1 amide bonds. The van der Waals surface area contributed by atoms with Gasteiger partial charge in [-0.1, -0.05) is 50.1 Å². The Morgan fingerprint density at radius 1 is 1.33 bits per heavy atom. The summed E-state index contributed by atoms with van der Waals surface area (Å²) >= 11 is 0. The van der Waals surface area contributed by atoms with Crippen LogP contribution in [0, 0.1) is 11.8 Å². The summed E-state index contributed by atoms with van der Waals surface area (Å²) in [5, 5.41) is 13.3. The lowest BCUT2D eigenvalue weighted by molar-refractivity contribution is -0.127. The molecule has 3 heteroatoms. The fourth-order valence-corrected chi connectivity index (χ4v) is 3.14. The molecular formula is C18H27NO2. The highest BCUT2D eigenvalue weighted by Crippen LogP contribution is 2.28. The van der Waals surface area contributed by atoms with Crippen LogP contribution in [0.25, 0.3) is 0 Å². The van der Waals surface area contributed by atoms with Crippen molar-refractivity contribution in [3.05, 3.63) is 35.9 Å². The normalized spacial score (nSPS) is 25.1. The quantitative estimate of drug-likeness (QED) is 0.875. The van der Waals surface area contributed by atoms with Crippen molar-refractivity contribution in [2.75, 3.05) is 0 Å². The van der Waals surface area contributed by atoms with E-state index in [9.17, 15) is 9.90 Å². The first kappa shape index (κ1) is 16.0. The second-order valence-corrected chi connectivity index (χ2v) is 6.52. The molecule has 4 atom stereocenters. The van der Waals surface area contributed by atoms with Crippen molar-refractivity contribution in [1.82, 2.24) is 5.32 Å². The van der Waals surface area contributed by atoms with Gasteiger partial charge in [0.1, 0.15) is 0 Å². The van der Waals surface area contributed by atoms with E-state index >= 15 is 0 Å². The van der Waals surface area contributed by atoms with E-state index in [0.29, 0.717) is 12.3 Å². The zero-order chi connectivity index (χ0) is 15.2. The van der Waals surface area contributed by atoms with Crippen LogP contribution in [-0.2, 0) is 11.2 Å². The number of rotatable bonds is 5. The Labute approximate surface area is 127 Å². The highest BCUT2D eigenvalue weighted by Gasteiger charge is 2.27. The van der Waals surface area contributed by atoms with Gasteiger partial charge in [-0.15, -0.1) is 0 Å². The number of amides is 1. The lowest BCUT2D eigenvalue weighted by atomic mass is 9.82. The van der Waals surface area contributed by atoms with Crippen molar-refractivity contribution in [3.63, 3.8) is 0 Å². The number of aliphatic hydroxyl groups excluding tert-OH is 1. The molecule has 1 saturated carbocycles. The second kappa shape index (κ2) is 7.60. The largest absolute Gasteiger partial charge is 0.391 e. The van der Waals surface area contributed by atoms with Crippen LogP contribution < -0.4 is 5.32 Å². The van der Waals surface area contributed by atoms with E-state index in [2.05, 4.69) is 12.2 Å². The molecule has 0 heterocycles. The van der Waals surface area contributed by atoms with Crippen molar-refractivity contribution in [1.29, 1.82) is 0 Å². The fourth-order valence-electron chi connectivity index (χ4n) is 3.14. The fraction of sp³-hybridized carbons (Fsp3) is 0.611. The third-order valence-electron chi connectivity index (χ3n) is 4.54. The molecule has 0 bridgehead atoms. The number of carbonyl (C=O) groups excluding carboxylic acids is 1. The third-order valence-corrected chi connectivity index (χ3v) is 4.54. The smallest absolute Gasteiger partial charge is 0.223 e. The Balaban J connectivity index is 1.82. The molecule has 116 valence electrons. The molecule has 0 aliphatic heterocycles. The molecule has 21 heavy (non-hydrogen) atoms. The van der Waals surface area contributed by atoms with Gasteiger partial charge in [0, 0.05) is 12.3 Å². The van der Waals surface area contributed by atoms with Gasteiger partial charge in [0.05, 0.1) is 12.1 Å². The molecule has 1 fully saturated rings. The standard InChI is InChI=1S/C18H27NO2/c1-13-7-6-10-16(11-13)18(21)19-14(2)17(20)12-15-8-4-3-5-9-15/h3-5,8-9,13-14,16-17,20H,6-7,10-12H2,1-2H3,(H,19,21). The summed E-state index contributed by atoms with van der Waals surface area (Å²) in [6, 6.07) is 9.69. The third kappa shape index (κ3) is 4.85. The Bertz CT molecular complexity index is 446. The first-order chi connectivity index (χ1) is 10.1. The van der Waals surface area contributed by atoms with E-state index in [1.807, 2.05) is 37.3 Å². The first-order valence-electron chi connectivity index (χ1n) is 8.08. The van der Waals surface area contributed by atoms with Crippen molar-refractivity contribution >= 4 is 5.91 Å². The van der Waals surface area contributed by atoms with Gasteiger partial charge < -0.3 is 10.4 Å². The molecule has 4 unspecified atom stereocenters. The highest BCUT2D eigenvalue weighted by atomic mass is 16.3. The van der Waals surface area contributed by atoms with Crippen LogP contribution in [0.3, 0.4) is 0 Å². The summed E-state index contributed by atoms with van der Waals surface area (Å²) in [6.45, 7) is 4.10. The molecule has 1 aliphatic rings. The Morgan fingerprint density at radius 3 is 2.71 bits per heavy atom. The van der Waals surface area contributed by atoms with Crippen molar-refractivity contribution < 1.29 is 9.90 Å². The SMILES string of the molecule is CC1CCCC(C(=O)NC(C)C(O)Cc2ccccc2)C1. The predicted octanol–water partition coefficient (Wildman–Crippen LogP) is 2.92. The van der Waals surface area contributed by atoms with Gasteiger partial charge in [0.15, 0.2) is 0 Å². The minimum atomic E-state index is -0.544. The molecule has 0 spiro atoms. The van der Waals surface area contributed by atoms with Crippen molar-refractivity contribution in [3.8, 4) is 0 Å². The Morgan fingerprint density at radius 2 is 2.05 bits per heavy atom. The van der Waals surface area contributed by atoms with Crippen LogP contribution in [0.2, 0.25) is 0 Å². The summed E-state index contributed by atoms with van der Waals surface area (Å²) in [5.41, 5.74) is 1.09. The van der Waals surface area contributed by atoms with E-state index in [4.69, 9.17) is 0 Å². The Hall–Kier alpha value is -1.35. The van der Waals surface area contributed by atoms with Crippen LogP contribution in [0.1, 0.15) is 45.1 Å². The molecule has 1 aliphatic carbocycles. The summed E-state index contributed by atoms with van der Waals surface area (Å²) in [4.78, 5) is 12.3. The average Bonchev–Trinajstić information content (AvgIpc) is 2.48. The topological polar surface area (TPSA) is 49.3 Å². The minimum Gasteiger partial charge on any atom is -0.391 e. The maximum absolute atomic E-state index is 12.3. The van der Waals surface area contributed by atoms with Gasteiger partial charge in [-0.3, -0.25) is 4.79 Å². The van der Waals surface area contributed by atoms with Crippen LogP contribution in [0.4, 0.5) is 0 Å². The summed E-state index contributed by atoms with van der Waals surface area (Å²) in [5.74, 6) is 0.875. The van der Waals surface area contributed by atoms with E-state index in [1.54, 1.807) is 0 Å². The van der Waals surface area contributed by atoms with Crippen LogP contribution in [0.5, 0.6) is 0 Å². The number of benzene rings is 1. The van der Waals surface area contributed by atoms with Crippen molar-refractivity contribution in [2.24, 2.45) is 11.8 Å². The van der Waals surface area contributed by atoms with Gasteiger partial charge in [-0.2, -0.15) is 0 Å². The predicted molar refractivity (Wildman–Crippen MR) is 84.9 cm³/mol. The highest BCUT2D eigenvalue weighted by molar-refractivity contribution is 5.79. The number of hydrogen-bond donors (Lipinski definition) is 2. The zero-order valence-electron chi connectivity index (χ0n) is 13.1. The Kier molecular flexibility index (Phi) is 5.80. The van der Waals surface area contributed by atoms with Crippen LogP contribution in [-0.4, -0.2) is 23.2 Å². The maximum Gasteiger partial charge on any atom is 0.223 e. The van der Waals surface area contributed by atoms with Gasteiger partial charge in [0.2, 0.25) is 5.91 Å². The number of carbonyl (C=O) groups is 1. The average molecular weight is 289 g/mol. The van der Waals surface area contributed by atoms with Crippen molar-refractivity contribution in [2.45, 2.75) is 58.1 Å². The lowest BCUT2D eigenvalue weighted by Gasteiger charge is -2.28. The lowest BCUT2D eigenvalue weighted by Crippen LogP contribution is -2.45. The molecule has 1 aromatic rings. The van der Waals surface area contributed by atoms with E-state index < -0.39 is 6.10 Å². The van der Waals surface area contributed by atoms with E-state index in [1.165, 1.54) is 6.42 Å². The molecule has 2 N–H and O–H groups in total. The second-order valence-electron chi connectivity index (χ2n) is 6.52. The summed E-state index contributed by atoms with van der Waals surface area (Å²) in [6.07, 6.45) is 4.36. The number of hydrogen-bond acceptors (Lipinski definition) is 2. The maximum atomic E-state index is 12.3. The van der Waals surface area contributed by atoms with Crippen LogP contribution >= 0.6 is 0 Å².